The lowest BCUT2D eigenvalue weighted by Gasteiger charge is -2.32. The number of benzene rings is 1. The molecule has 5 nitrogen and oxygen atoms in total. The normalized spacial score (nSPS) is 19.3. The fraction of sp³-hybridized carbons (Fsp3) is 0.421. The molecule has 1 atom stereocenters. The molecule has 6 heteroatoms. The number of likely N-dealkylation sites (tertiary alicyclic amines) is 1. The van der Waals surface area contributed by atoms with E-state index in [4.69, 9.17) is 0 Å². The zero-order valence-corrected chi connectivity index (χ0v) is 15.8. The van der Waals surface area contributed by atoms with Crippen LogP contribution >= 0.6 is 11.3 Å². The average Bonchev–Trinajstić information content (AvgIpc) is 3.12. The predicted octanol–water partition coefficient (Wildman–Crippen LogP) is 2.99. The minimum atomic E-state index is -0.462. The summed E-state index contributed by atoms with van der Waals surface area (Å²) >= 11 is 1.57. The lowest BCUT2D eigenvalue weighted by Crippen LogP contribution is -2.46. The Morgan fingerprint density at radius 2 is 2.20 bits per heavy atom. The van der Waals surface area contributed by atoms with E-state index in [0.29, 0.717) is 6.54 Å². The Balaban J connectivity index is 1.65. The van der Waals surface area contributed by atoms with Gasteiger partial charge in [-0.1, -0.05) is 23.8 Å². The Morgan fingerprint density at radius 3 is 2.84 bits per heavy atom. The largest absolute Gasteiger partial charge is 0.350 e. The molecule has 2 heterocycles. The molecule has 3 rings (SSSR count). The van der Waals surface area contributed by atoms with Crippen molar-refractivity contribution >= 4 is 23.2 Å². The zero-order chi connectivity index (χ0) is 18.2. The van der Waals surface area contributed by atoms with Crippen LogP contribution < -0.4 is 5.32 Å². The minimum absolute atomic E-state index is 0.0144. The van der Waals surface area contributed by atoms with E-state index >= 15 is 0 Å². The van der Waals surface area contributed by atoms with E-state index in [1.54, 1.807) is 23.3 Å². The van der Waals surface area contributed by atoms with Gasteiger partial charge in [0.25, 0.3) is 0 Å². The van der Waals surface area contributed by atoms with Crippen LogP contribution in [0.15, 0.2) is 29.6 Å². The molecule has 2 aromatic rings. The van der Waals surface area contributed by atoms with Crippen molar-refractivity contribution in [1.82, 2.24) is 15.2 Å². The molecule has 0 spiro atoms. The highest BCUT2D eigenvalue weighted by Gasteiger charge is 2.47. The van der Waals surface area contributed by atoms with Crippen molar-refractivity contribution in [3.8, 4) is 10.6 Å². The molecule has 1 fully saturated rings. The van der Waals surface area contributed by atoms with Crippen LogP contribution in [0.25, 0.3) is 10.6 Å². The maximum Gasteiger partial charge on any atom is 0.226 e. The van der Waals surface area contributed by atoms with Crippen LogP contribution in [-0.4, -0.2) is 34.3 Å². The van der Waals surface area contributed by atoms with Crippen LogP contribution in [0, 0.1) is 12.8 Å². The number of thiazole rings is 1. The number of rotatable bonds is 4. The van der Waals surface area contributed by atoms with E-state index in [-0.39, 0.29) is 24.2 Å². The monoisotopic (exact) mass is 357 g/mol. The number of hydrogen-bond acceptors (Lipinski definition) is 4. The van der Waals surface area contributed by atoms with Gasteiger partial charge in [-0.3, -0.25) is 9.59 Å². The SMILES string of the molecule is Cc1cccc(-c2nc(CNC(=O)C3CC(=O)N(C)C3(C)C)cs2)c1. The van der Waals surface area contributed by atoms with Gasteiger partial charge in [0.05, 0.1) is 18.2 Å². The lowest BCUT2D eigenvalue weighted by molar-refractivity contribution is -0.128. The van der Waals surface area contributed by atoms with Crippen molar-refractivity contribution < 1.29 is 9.59 Å². The van der Waals surface area contributed by atoms with Crippen molar-refractivity contribution in [3.05, 3.63) is 40.9 Å². The van der Waals surface area contributed by atoms with Gasteiger partial charge in [-0.15, -0.1) is 11.3 Å². The quantitative estimate of drug-likeness (QED) is 0.915. The zero-order valence-electron chi connectivity index (χ0n) is 15.0. The van der Waals surface area contributed by atoms with Gasteiger partial charge in [-0.2, -0.15) is 0 Å². The van der Waals surface area contributed by atoms with E-state index in [1.165, 1.54) is 5.56 Å². The molecule has 2 amide bonds. The third-order valence-corrected chi connectivity index (χ3v) is 5.99. The first-order chi connectivity index (χ1) is 11.8. The summed E-state index contributed by atoms with van der Waals surface area (Å²) in [5, 5.41) is 5.86. The Morgan fingerprint density at radius 1 is 1.44 bits per heavy atom. The molecule has 0 bridgehead atoms. The molecule has 1 saturated heterocycles. The third kappa shape index (κ3) is 3.44. The molecule has 1 N–H and O–H groups in total. The molecule has 25 heavy (non-hydrogen) atoms. The molecular weight excluding hydrogens is 334 g/mol. The summed E-state index contributed by atoms with van der Waals surface area (Å²) in [5.74, 6) is -0.409. The Kier molecular flexibility index (Phi) is 4.64. The van der Waals surface area contributed by atoms with Crippen LogP contribution in [0.2, 0.25) is 0 Å². The number of hydrogen-bond donors (Lipinski definition) is 1. The summed E-state index contributed by atoms with van der Waals surface area (Å²) in [5.41, 5.74) is 2.66. The predicted molar refractivity (Wildman–Crippen MR) is 99.1 cm³/mol. The maximum atomic E-state index is 12.5. The highest BCUT2D eigenvalue weighted by atomic mass is 32.1. The van der Waals surface area contributed by atoms with E-state index in [0.717, 1.165) is 16.3 Å². The van der Waals surface area contributed by atoms with E-state index in [9.17, 15) is 9.59 Å². The molecular formula is C19H23N3O2S. The van der Waals surface area contributed by atoms with Gasteiger partial charge in [0.15, 0.2) is 0 Å². The van der Waals surface area contributed by atoms with Crippen molar-refractivity contribution in [3.63, 3.8) is 0 Å². The maximum absolute atomic E-state index is 12.5. The van der Waals surface area contributed by atoms with Gasteiger partial charge >= 0.3 is 0 Å². The topological polar surface area (TPSA) is 62.3 Å². The van der Waals surface area contributed by atoms with Crippen molar-refractivity contribution in [1.29, 1.82) is 0 Å². The van der Waals surface area contributed by atoms with E-state index in [1.807, 2.05) is 31.4 Å². The van der Waals surface area contributed by atoms with Crippen molar-refractivity contribution in [2.45, 2.75) is 39.3 Å². The molecule has 1 unspecified atom stereocenters. The van der Waals surface area contributed by atoms with Gasteiger partial charge in [0.2, 0.25) is 11.8 Å². The number of carbonyl (C=O) groups excluding carboxylic acids is 2. The number of aryl methyl sites for hydroxylation is 1. The van der Waals surface area contributed by atoms with Gasteiger partial charge in [0.1, 0.15) is 5.01 Å². The number of nitrogens with one attached hydrogen (secondary N) is 1. The van der Waals surface area contributed by atoms with E-state index < -0.39 is 5.54 Å². The Labute approximate surface area is 152 Å². The first kappa shape index (κ1) is 17.6. The summed E-state index contributed by atoms with van der Waals surface area (Å²) in [6, 6.07) is 8.21. The summed E-state index contributed by atoms with van der Waals surface area (Å²) in [6.07, 6.45) is 0.265. The van der Waals surface area contributed by atoms with Crippen LogP contribution in [-0.2, 0) is 16.1 Å². The molecule has 0 aliphatic carbocycles. The Bertz CT molecular complexity index is 813. The average molecular weight is 357 g/mol. The number of nitrogens with zero attached hydrogens (tertiary/aromatic N) is 2. The van der Waals surface area contributed by atoms with Gasteiger partial charge in [0, 0.05) is 30.0 Å². The molecule has 1 aromatic heterocycles. The van der Waals surface area contributed by atoms with Crippen LogP contribution in [0.5, 0.6) is 0 Å². The smallest absolute Gasteiger partial charge is 0.226 e. The van der Waals surface area contributed by atoms with Gasteiger partial charge in [-0.05, 0) is 26.8 Å². The highest BCUT2D eigenvalue weighted by molar-refractivity contribution is 7.13. The fourth-order valence-electron chi connectivity index (χ4n) is 3.13. The molecule has 1 aromatic carbocycles. The highest BCUT2D eigenvalue weighted by Crippen LogP contribution is 2.34. The third-order valence-electron chi connectivity index (χ3n) is 5.05. The minimum Gasteiger partial charge on any atom is -0.350 e. The summed E-state index contributed by atoms with van der Waals surface area (Å²) in [7, 11) is 1.75. The number of carbonyl (C=O) groups is 2. The summed E-state index contributed by atoms with van der Waals surface area (Å²) in [4.78, 5) is 30.7. The number of amides is 2. The Hall–Kier alpha value is -2.21. The van der Waals surface area contributed by atoms with Crippen molar-refractivity contribution in [2.75, 3.05) is 7.05 Å². The molecule has 0 radical (unpaired) electrons. The van der Waals surface area contributed by atoms with E-state index in [2.05, 4.69) is 29.4 Å². The van der Waals surface area contributed by atoms with Gasteiger partial charge < -0.3 is 10.2 Å². The molecule has 1 aliphatic heterocycles. The van der Waals surface area contributed by atoms with Crippen LogP contribution in [0.4, 0.5) is 0 Å². The summed E-state index contributed by atoms with van der Waals surface area (Å²) in [6.45, 7) is 6.30. The second-order valence-corrected chi connectivity index (χ2v) is 7.95. The molecule has 1 aliphatic rings. The van der Waals surface area contributed by atoms with Crippen molar-refractivity contribution in [2.24, 2.45) is 5.92 Å². The standard InChI is InChI=1S/C19H23N3O2S/c1-12-6-5-7-13(8-12)18-21-14(11-25-18)10-20-17(24)15-9-16(23)22(4)19(15,2)3/h5-8,11,15H,9-10H2,1-4H3,(H,20,24). The number of aromatic nitrogens is 1. The van der Waals surface area contributed by atoms with Crippen LogP contribution in [0.1, 0.15) is 31.5 Å². The first-order valence-electron chi connectivity index (χ1n) is 8.35. The first-order valence-corrected chi connectivity index (χ1v) is 9.23. The second kappa shape index (κ2) is 6.59. The second-order valence-electron chi connectivity index (χ2n) is 7.09. The fourth-order valence-corrected chi connectivity index (χ4v) is 3.95. The van der Waals surface area contributed by atoms with Gasteiger partial charge in [-0.25, -0.2) is 4.98 Å². The summed E-state index contributed by atoms with van der Waals surface area (Å²) < 4.78 is 0. The molecule has 0 saturated carbocycles. The molecule has 132 valence electrons. The lowest BCUT2D eigenvalue weighted by atomic mass is 9.88. The van der Waals surface area contributed by atoms with Crippen LogP contribution in [0.3, 0.4) is 0 Å².